The van der Waals surface area contributed by atoms with Gasteiger partial charge in [-0.15, -0.1) is 0 Å². The van der Waals surface area contributed by atoms with Crippen LogP contribution < -0.4 is 5.32 Å². The lowest BCUT2D eigenvalue weighted by molar-refractivity contribution is 0.182. The van der Waals surface area contributed by atoms with Gasteiger partial charge in [0.15, 0.2) is 0 Å². The second kappa shape index (κ2) is 7.29. The molecule has 1 N–H and O–H groups in total. The number of rotatable bonds is 7. The number of anilines is 1. The number of para-hydroxylation sites is 1. The summed E-state index contributed by atoms with van der Waals surface area (Å²) in [5, 5.41) is 3.56. The molecule has 2 heteroatoms. The van der Waals surface area contributed by atoms with Crippen LogP contribution >= 0.6 is 0 Å². The molecule has 1 unspecified atom stereocenters. The van der Waals surface area contributed by atoms with Crippen molar-refractivity contribution in [1.82, 2.24) is 0 Å². The standard InChI is InChI=1S/C14H23NO/c1-4-5-9-13(11-16-3)15-14-10-7-6-8-12(14)2/h6-8,10,13,15H,4-5,9,11H2,1-3H3. The van der Waals surface area contributed by atoms with Gasteiger partial charge in [-0.3, -0.25) is 0 Å². The van der Waals surface area contributed by atoms with Crippen molar-refractivity contribution in [2.45, 2.75) is 39.2 Å². The van der Waals surface area contributed by atoms with Gasteiger partial charge >= 0.3 is 0 Å². The second-order valence-corrected chi connectivity index (χ2v) is 4.25. The van der Waals surface area contributed by atoms with Gasteiger partial charge in [-0.05, 0) is 25.0 Å². The molecule has 1 aromatic rings. The summed E-state index contributed by atoms with van der Waals surface area (Å²) in [6.45, 7) is 5.12. The highest BCUT2D eigenvalue weighted by Crippen LogP contribution is 2.16. The van der Waals surface area contributed by atoms with E-state index in [4.69, 9.17) is 4.74 Å². The molecule has 0 saturated carbocycles. The maximum absolute atomic E-state index is 5.25. The number of hydrogen-bond donors (Lipinski definition) is 1. The molecule has 1 atom stereocenters. The van der Waals surface area contributed by atoms with Crippen LogP contribution in [0.1, 0.15) is 31.7 Å². The normalized spacial score (nSPS) is 12.4. The maximum Gasteiger partial charge on any atom is 0.0664 e. The molecule has 2 nitrogen and oxygen atoms in total. The summed E-state index contributed by atoms with van der Waals surface area (Å²) >= 11 is 0. The van der Waals surface area contributed by atoms with Crippen molar-refractivity contribution >= 4 is 5.69 Å². The van der Waals surface area contributed by atoms with E-state index >= 15 is 0 Å². The molecule has 0 amide bonds. The Balaban J connectivity index is 2.56. The van der Waals surface area contributed by atoms with Gasteiger partial charge in [-0.1, -0.05) is 38.0 Å². The quantitative estimate of drug-likeness (QED) is 0.759. The van der Waals surface area contributed by atoms with Gasteiger partial charge in [0.1, 0.15) is 0 Å². The zero-order valence-corrected chi connectivity index (χ0v) is 10.6. The molecule has 90 valence electrons. The summed E-state index contributed by atoms with van der Waals surface area (Å²) in [5.74, 6) is 0. The van der Waals surface area contributed by atoms with Crippen LogP contribution in [-0.2, 0) is 4.74 Å². The first kappa shape index (κ1) is 13.0. The minimum absolute atomic E-state index is 0.422. The van der Waals surface area contributed by atoms with Crippen LogP contribution in [0.4, 0.5) is 5.69 Å². The summed E-state index contributed by atoms with van der Waals surface area (Å²) in [5.41, 5.74) is 2.51. The van der Waals surface area contributed by atoms with Crippen molar-refractivity contribution in [2.24, 2.45) is 0 Å². The summed E-state index contributed by atoms with van der Waals surface area (Å²) in [6, 6.07) is 8.82. The van der Waals surface area contributed by atoms with Crippen molar-refractivity contribution in [1.29, 1.82) is 0 Å². The zero-order chi connectivity index (χ0) is 11.8. The van der Waals surface area contributed by atoms with Crippen LogP contribution in [0.2, 0.25) is 0 Å². The predicted molar refractivity (Wildman–Crippen MR) is 70.0 cm³/mol. The number of nitrogens with one attached hydrogen (secondary N) is 1. The molecular weight excluding hydrogens is 198 g/mol. The Morgan fingerprint density at radius 2 is 2.06 bits per heavy atom. The first-order chi connectivity index (χ1) is 7.77. The molecule has 0 bridgehead atoms. The Bertz CT molecular complexity index is 299. The summed E-state index contributed by atoms with van der Waals surface area (Å²) < 4.78 is 5.25. The number of hydrogen-bond acceptors (Lipinski definition) is 2. The summed E-state index contributed by atoms with van der Waals surface area (Å²) in [4.78, 5) is 0. The van der Waals surface area contributed by atoms with Crippen LogP contribution in [0.3, 0.4) is 0 Å². The molecule has 1 rings (SSSR count). The molecule has 16 heavy (non-hydrogen) atoms. The van der Waals surface area contributed by atoms with Crippen molar-refractivity contribution in [3.05, 3.63) is 29.8 Å². The Morgan fingerprint density at radius 1 is 1.31 bits per heavy atom. The number of unbranched alkanes of at least 4 members (excludes halogenated alkanes) is 1. The lowest BCUT2D eigenvalue weighted by atomic mass is 10.1. The van der Waals surface area contributed by atoms with Crippen LogP contribution in [-0.4, -0.2) is 19.8 Å². The van der Waals surface area contributed by atoms with E-state index in [9.17, 15) is 0 Å². The number of ether oxygens (including phenoxy) is 1. The fourth-order valence-corrected chi connectivity index (χ4v) is 1.80. The predicted octanol–water partition coefficient (Wildman–Crippen LogP) is 3.61. The Labute approximate surface area is 99.0 Å². The lowest BCUT2D eigenvalue weighted by Gasteiger charge is -2.20. The van der Waals surface area contributed by atoms with Crippen LogP contribution in [0, 0.1) is 6.92 Å². The highest BCUT2D eigenvalue weighted by Gasteiger charge is 2.08. The van der Waals surface area contributed by atoms with Gasteiger partial charge in [-0.25, -0.2) is 0 Å². The molecule has 1 aromatic carbocycles. The van der Waals surface area contributed by atoms with E-state index in [0.29, 0.717) is 6.04 Å². The molecule has 0 aliphatic carbocycles. The summed E-state index contributed by atoms with van der Waals surface area (Å²) in [6.07, 6.45) is 3.64. The highest BCUT2D eigenvalue weighted by atomic mass is 16.5. The van der Waals surface area contributed by atoms with Crippen LogP contribution in [0.5, 0.6) is 0 Å². The smallest absolute Gasteiger partial charge is 0.0664 e. The molecule has 0 aliphatic heterocycles. The largest absolute Gasteiger partial charge is 0.383 e. The molecule has 0 fully saturated rings. The van der Waals surface area contributed by atoms with Gasteiger partial charge < -0.3 is 10.1 Å². The number of benzene rings is 1. The lowest BCUT2D eigenvalue weighted by Crippen LogP contribution is -2.25. The second-order valence-electron chi connectivity index (χ2n) is 4.25. The minimum atomic E-state index is 0.422. The molecule has 0 spiro atoms. The molecule has 0 heterocycles. The monoisotopic (exact) mass is 221 g/mol. The van der Waals surface area contributed by atoms with E-state index in [-0.39, 0.29) is 0 Å². The fraction of sp³-hybridized carbons (Fsp3) is 0.571. The Hall–Kier alpha value is -1.02. The third-order valence-electron chi connectivity index (χ3n) is 2.78. The Kier molecular flexibility index (Phi) is 5.94. The van der Waals surface area contributed by atoms with E-state index in [1.165, 1.54) is 30.5 Å². The van der Waals surface area contributed by atoms with Gasteiger partial charge in [0, 0.05) is 18.8 Å². The highest BCUT2D eigenvalue weighted by molar-refractivity contribution is 5.50. The van der Waals surface area contributed by atoms with Crippen molar-refractivity contribution in [2.75, 3.05) is 19.0 Å². The van der Waals surface area contributed by atoms with Crippen molar-refractivity contribution in [3.63, 3.8) is 0 Å². The zero-order valence-electron chi connectivity index (χ0n) is 10.6. The van der Waals surface area contributed by atoms with Crippen LogP contribution in [0.25, 0.3) is 0 Å². The van der Waals surface area contributed by atoms with Gasteiger partial charge in [0.25, 0.3) is 0 Å². The van der Waals surface area contributed by atoms with Crippen molar-refractivity contribution in [3.8, 4) is 0 Å². The first-order valence-corrected chi connectivity index (χ1v) is 6.09. The maximum atomic E-state index is 5.25. The molecular formula is C14H23NO. The average molecular weight is 221 g/mol. The minimum Gasteiger partial charge on any atom is -0.383 e. The first-order valence-electron chi connectivity index (χ1n) is 6.09. The molecule has 0 aromatic heterocycles. The third kappa shape index (κ3) is 4.23. The average Bonchev–Trinajstić information content (AvgIpc) is 2.29. The van der Waals surface area contributed by atoms with Gasteiger partial charge in [0.05, 0.1) is 6.61 Å². The van der Waals surface area contributed by atoms with E-state index in [1.807, 2.05) is 0 Å². The molecule has 0 aliphatic rings. The number of aryl methyl sites for hydroxylation is 1. The SMILES string of the molecule is CCCCC(COC)Nc1ccccc1C. The Morgan fingerprint density at radius 3 is 2.69 bits per heavy atom. The van der Waals surface area contributed by atoms with E-state index < -0.39 is 0 Å². The number of methoxy groups -OCH3 is 1. The molecule has 0 saturated heterocycles. The van der Waals surface area contributed by atoms with E-state index in [2.05, 4.69) is 43.4 Å². The van der Waals surface area contributed by atoms with E-state index in [1.54, 1.807) is 7.11 Å². The van der Waals surface area contributed by atoms with E-state index in [0.717, 1.165) is 6.61 Å². The van der Waals surface area contributed by atoms with Crippen LogP contribution in [0.15, 0.2) is 24.3 Å². The topological polar surface area (TPSA) is 21.3 Å². The summed E-state index contributed by atoms with van der Waals surface area (Å²) in [7, 11) is 1.76. The fourth-order valence-electron chi connectivity index (χ4n) is 1.80. The van der Waals surface area contributed by atoms with Crippen molar-refractivity contribution < 1.29 is 4.74 Å². The third-order valence-corrected chi connectivity index (χ3v) is 2.78. The molecule has 0 radical (unpaired) electrons. The van der Waals surface area contributed by atoms with Gasteiger partial charge in [0.2, 0.25) is 0 Å². The van der Waals surface area contributed by atoms with Gasteiger partial charge in [-0.2, -0.15) is 0 Å².